The van der Waals surface area contributed by atoms with Crippen molar-refractivity contribution in [3.05, 3.63) is 59.3 Å². The normalized spacial score (nSPS) is 20.6. The van der Waals surface area contributed by atoms with Crippen LogP contribution < -0.4 is 4.90 Å². The lowest BCUT2D eigenvalue weighted by atomic mass is 9.93. The Morgan fingerprint density at radius 3 is 2.56 bits per heavy atom. The fraction of sp³-hybridized carbons (Fsp3) is 0.455. The number of aryl methyl sites for hydroxylation is 1. The molecule has 1 amide bonds. The Morgan fingerprint density at radius 1 is 1.04 bits per heavy atom. The molecule has 1 aromatic heterocycles. The zero-order valence-corrected chi connectivity index (χ0v) is 15.9. The summed E-state index contributed by atoms with van der Waals surface area (Å²) in [6.45, 7) is 6.15. The van der Waals surface area contributed by atoms with Gasteiger partial charge in [0.2, 0.25) is 0 Å². The molecule has 0 aliphatic carbocycles. The van der Waals surface area contributed by atoms with Crippen LogP contribution in [0.3, 0.4) is 0 Å². The van der Waals surface area contributed by atoms with Gasteiger partial charge in [0.05, 0.1) is 19.3 Å². The van der Waals surface area contributed by atoms with Gasteiger partial charge in [-0.15, -0.1) is 0 Å². The number of likely N-dealkylation sites (tertiary alicyclic amines) is 1. The van der Waals surface area contributed by atoms with Crippen molar-refractivity contribution in [3.8, 4) is 0 Å². The number of pyridine rings is 1. The first-order valence-electron chi connectivity index (χ1n) is 9.90. The van der Waals surface area contributed by atoms with E-state index in [0.717, 1.165) is 69.2 Å². The van der Waals surface area contributed by atoms with Crippen LogP contribution in [0.5, 0.6) is 0 Å². The predicted molar refractivity (Wildman–Crippen MR) is 106 cm³/mol. The highest BCUT2D eigenvalue weighted by atomic mass is 16.5. The van der Waals surface area contributed by atoms with Crippen molar-refractivity contribution in [2.45, 2.75) is 32.2 Å². The van der Waals surface area contributed by atoms with Crippen LogP contribution in [0.1, 0.15) is 46.9 Å². The van der Waals surface area contributed by atoms with E-state index in [4.69, 9.17) is 9.72 Å². The highest BCUT2D eigenvalue weighted by Crippen LogP contribution is 2.34. The van der Waals surface area contributed by atoms with Gasteiger partial charge in [-0.1, -0.05) is 24.3 Å². The van der Waals surface area contributed by atoms with Crippen LogP contribution in [0, 0.1) is 6.92 Å². The summed E-state index contributed by atoms with van der Waals surface area (Å²) in [5.74, 6) is 1.13. The van der Waals surface area contributed by atoms with E-state index in [9.17, 15) is 4.79 Å². The van der Waals surface area contributed by atoms with Gasteiger partial charge in [-0.3, -0.25) is 4.79 Å². The van der Waals surface area contributed by atoms with Gasteiger partial charge >= 0.3 is 0 Å². The van der Waals surface area contributed by atoms with Crippen LogP contribution in [0.25, 0.3) is 0 Å². The lowest BCUT2D eigenvalue weighted by Crippen LogP contribution is -2.39. The molecule has 0 bridgehead atoms. The first kappa shape index (κ1) is 18.0. The molecule has 5 nitrogen and oxygen atoms in total. The highest BCUT2D eigenvalue weighted by molar-refractivity contribution is 5.94. The minimum atomic E-state index is 0.109. The summed E-state index contributed by atoms with van der Waals surface area (Å²) < 4.78 is 5.44. The van der Waals surface area contributed by atoms with E-state index < -0.39 is 0 Å². The molecule has 1 unspecified atom stereocenters. The van der Waals surface area contributed by atoms with Crippen molar-refractivity contribution < 1.29 is 9.53 Å². The number of hydrogen-bond acceptors (Lipinski definition) is 4. The quantitative estimate of drug-likeness (QED) is 0.834. The molecule has 0 N–H and O–H groups in total. The Hall–Kier alpha value is -2.40. The summed E-state index contributed by atoms with van der Waals surface area (Å²) >= 11 is 0. The second kappa shape index (κ2) is 8.09. The number of carbonyl (C=O) groups excluding carboxylic acids is 1. The summed E-state index contributed by atoms with van der Waals surface area (Å²) in [5.41, 5.74) is 2.97. The van der Waals surface area contributed by atoms with Crippen molar-refractivity contribution in [1.29, 1.82) is 0 Å². The Balaban J connectivity index is 1.59. The van der Waals surface area contributed by atoms with Crippen molar-refractivity contribution in [2.75, 3.05) is 37.7 Å². The molecular formula is C22H27N3O2. The fourth-order valence-corrected chi connectivity index (χ4v) is 4.12. The van der Waals surface area contributed by atoms with E-state index >= 15 is 0 Å². The number of anilines is 1. The molecule has 2 fully saturated rings. The van der Waals surface area contributed by atoms with Crippen LogP contribution in [-0.4, -0.2) is 48.6 Å². The number of nitrogens with zero attached hydrogens (tertiary/aromatic N) is 3. The number of carbonyl (C=O) groups is 1. The largest absolute Gasteiger partial charge is 0.378 e. The van der Waals surface area contributed by atoms with E-state index in [1.54, 1.807) is 0 Å². The minimum Gasteiger partial charge on any atom is -0.378 e. The van der Waals surface area contributed by atoms with Crippen LogP contribution in [-0.2, 0) is 4.74 Å². The molecule has 1 aromatic carbocycles. The highest BCUT2D eigenvalue weighted by Gasteiger charge is 2.30. The van der Waals surface area contributed by atoms with E-state index in [0.29, 0.717) is 0 Å². The van der Waals surface area contributed by atoms with Crippen molar-refractivity contribution in [2.24, 2.45) is 0 Å². The Morgan fingerprint density at radius 2 is 1.81 bits per heavy atom. The van der Waals surface area contributed by atoms with Gasteiger partial charge in [-0.2, -0.15) is 0 Å². The van der Waals surface area contributed by atoms with Crippen molar-refractivity contribution >= 4 is 11.7 Å². The molecule has 0 radical (unpaired) electrons. The Bertz CT molecular complexity index is 787. The molecule has 0 spiro atoms. The van der Waals surface area contributed by atoms with Crippen LogP contribution in [0.15, 0.2) is 42.5 Å². The number of ether oxygens (including phenoxy) is 1. The summed E-state index contributed by atoms with van der Waals surface area (Å²) in [6, 6.07) is 14.0. The molecule has 2 aliphatic heterocycles. The van der Waals surface area contributed by atoms with Crippen molar-refractivity contribution in [3.63, 3.8) is 0 Å². The maximum Gasteiger partial charge on any atom is 0.254 e. The summed E-state index contributed by atoms with van der Waals surface area (Å²) in [7, 11) is 0. The Kier molecular flexibility index (Phi) is 5.39. The van der Waals surface area contributed by atoms with Gasteiger partial charge in [-0.25, -0.2) is 4.98 Å². The molecule has 5 heteroatoms. The Labute approximate surface area is 161 Å². The maximum absolute atomic E-state index is 13.1. The van der Waals surface area contributed by atoms with Gasteiger partial charge < -0.3 is 14.5 Å². The van der Waals surface area contributed by atoms with Crippen LogP contribution in [0.4, 0.5) is 5.82 Å². The topological polar surface area (TPSA) is 45.7 Å². The van der Waals surface area contributed by atoms with E-state index in [-0.39, 0.29) is 11.9 Å². The van der Waals surface area contributed by atoms with Crippen LogP contribution in [0.2, 0.25) is 0 Å². The van der Waals surface area contributed by atoms with Crippen LogP contribution >= 0.6 is 0 Å². The van der Waals surface area contributed by atoms with Gasteiger partial charge in [-0.05, 0) is 49.9 Å². The van der Waals surface area contributed by atoms with E-state index in [2.05, 4.69) is 24.0 Å². The third-order valence-corrected chi connectivity index (χ3v) is 5.59. The maximum atomic E-state index is 13.1. The molecule has 2 aromatic rings. The van der Waals surface area contributed by atoms with Gasteiger partial charge in [0, 0.05) is 30.9 Å². The molecule has 3 heterocycles. The molecule has 4 rings (SSSR count). The molecule has 1 atom stereocenters. The van der Waals surface area contributed by atoms with E-state index in [1.165, 1.54) is 5.56 Å². The smallest absolute Gasteiger partial charge is 0.254 e. The van der Waals surface area contributed by atoms with Gasteiger partial charge in [0.15, 0.2) is 0 Å². The number of hydrogen-bond donors (Lipinski definition) is 0. The number of rotatable bonds is 3. The SMILES string of the molecule is Cc1nc(N2CCOCC2)ccc1C1CCCCN1C(=O)c1ccccc1. The first-order chi connectivity index (χ1) is 13.2. The second-order valence-electron chi connectivity index (χ2n) is 7.32. The molecule has 142 valence electrons. The van der Waals surface area contributed by atoms with Gasteiger partial charge in [0.1, 0.15) is 5.82 Å². The predicted octanol–water partition coefficient (Wildman–Crippen LogP) is 3.59. The molecule has 2 saturated heterocycles. The zero-order chi connectivity index (χ0) is 18.6. The molecular weight excluding hydrogens is 338 g/mol. The average Bonchev–Trinajstić information content (AvgIpc) is 2.74. The fourth-order valence-electron chi connectivity index (χ4n) is 4.12. The summed E-state index contributed by atoms with van der Waals surface area (Å²) in [4.78, 5) is 22.3. The third-order valence-electron chi connectivity index (χ3n) is 5.59. The van der Waals surface area contributed by atoms with E-state index in [1.807, 2.05) is 35.2 Å². The molecule has 2 aliphatic rings. The second-order valence-corrected chi connectivity index (χ2v) is 7.32. The zero-order valence-electron chi connectivity index (χ0n) is 15.9. The monoisotopic (exact) mass is 365 g/mol. The van der Waals surface area contributed by atoms with Crippen molar-refractivity contribution in [1.82, 2.24) is 9.88 Å². The number of morpholine rings is 1. The number of aromatic nitrogens is 1. The third kappa shape index (κ3) is 3.83. The van der Waals surface area contributed by atoms with Gasteiger partial charge in [0.25, 0.3) is 5.91 Å². The number of amides is 1. The average molecular weight is 365 g/mol. The number of piperidine rings is 1. The standard InChI is InChI=1S/C22H27N3O2/c1-17-19(10-11-21(23-17)24-13-15-27-16-14-24)20-9-5-6-12-25(20)22(26)18-7-3-2-4-8-18/h2-4,7-8,10-11,20H,5-6,9,12-16H2,1H3. The summed E-state index contributed by atoms with van der Waals surface area (Å²) in [6.07, 6.45) is 3.21. The first-order valence-corrected chi connectivity index (χ1v) is 9.90. The number of benzene rings is 1. The molecule has 27 heavy (non-hydrogen) atoms. The minimum absolute atomic E-state index is 0.109. The summed E-state index contributed by atoms with van der Waals surface area (Å²) in [5, 5.41) is 0. The lowest BCUT2D eigenvalue weighted by molar-refractivity contribution is 0.0610. The molecule has 0 saturated carbocycles. The lowest BCUT2D eigenvalue weighted by Gasteiger charge is -2.37.